The number of anilines is 1. The first-order valence-electron chi connectivity index (χ1n) is 5.14. The second-order valence-electron chi connectivity index (χ2n) is 3.92. The van der Waals surface area contributed by atoms with Crippen LogP contribution in [0.2, 0.25) is 5.02 Å². The molecular weight excluding hydrogens is 240 g/mol. The Hall–Kier alpha value is -1.73. The maximum Gasteiger partial charge on any atom is 0.329 e. The molecule has 0 saturated carbocycles. The molecule has 17 heavy (non-hydrogen) atoms. The van der Waals surface area contributed by atoms with Gasteiger partial charge < -0.3 is 10.4 Å². The van der Waals surface area contributed by atoms with Gasteiger partial charge in [0.05, 0.1) is 11.3 Å². The Morgan fingerprint density at radius 3 is 2.76 bits per heavy atom. The molecule has 0 saturated heterocycles. The van der Waals surface area contributed by atoms with Crippen LogP contribution in [0.15, 0.2) is 18.2 Å². The number of nitrogens with one attached hydrogen (secondary N) is 1. The molecule has 0 radical (unpaired) electrons. The second-order valence-corrected chi connectivity index (χ2v) is 4.35. The minimum absolute atomic E-state index is 0.332. The number of aliphatic carboxylic acids is 1. The first-order valence-corrected chi connectivity index (χ1v) is 5.52. The van der Waals surface area contributed by atoms with Crippen molar-refractivity contribution in [2.24, 2.45) is 0 Å². The molecule has 1 aromatic rings. The Morgan fingerprint density at radius 2 is 2.29 bits per heavy atom. The maximum absolute atomic E-state index is 11.2. The molecule has 1 rings (SSSR count). The zero-order valence-electron chi connectivity index (χ0n) is 9.62. The normalized spacial score (nSPS) is 13.5. The van der Waals surface area contributed by atoms with Gasteiger partial charge in [0.1, 0.15) is 11.6 Å². The van der Waals surface area contributed by atoms with Crippen molar-refractivity contribution in [3.63, 3.8) is 0 Å². The lowest BCUT2D eigenvalue weighted by atomic mass is 9.98. The van der Waals surface area contributed by atoms with Crippen molar-refractivity contribution < 1.29 is 9.90 Å². The van der Waals surface area contributed by atoms with Gasteiger partial charge >= 0.3 is 5.97 Å². The van der Waals surface area contributed by atoms with E-state index in [0.717, 1.165) is 0 Å². The number of halogens is 1. The molecule has 0 aromatic heterocycles. The van der Waals surface area contributed by atoms with Crippen molar-refractivity contribution in [2.45, 2.75) is 25.8 Å². The molecule has 4 nitrogen and oxygen atoms in total. The summed E-state index contributed by atoms with van der Waals surface area (Å²) in [7, 11) is 0. The summed E-state index contributed by atoms with van der Waals surface area (Å²) in [6.45, 7) is 3.34. The lowest BCUT2D eigenvalue weighted by Gasteiger charge is -2.26. The highest BCUT2D eigenvalue weighted by atomic mass is 35.5. The minimum atomic E-state index is -1.10. The molecule has 0 amide bonds. The minimum Gasteiger partial charge on any atom is -0.480 e. The monoisotopic (exact) mass is 252 g/mol. The van der Waals surface area contributed by atoms with E-state index in [1.807, 2.05) is 6.07 Å². The van der Waals surface area contributed by atoms with Gasteiger partial charge in [0.15, 0.2) is 0 Å². The summed E-state index contributed by atoms with van der Waals surface area (Å²) in [4.78, 5) is 11.2. The number of hydrogen-bond donors (Lipinski definition) is 2. The Morgan fingerprint density at radius 1 is 1.65 bits per heavy atom. The molecule has 1 unspecified atom stereocenters. The van der Waals surface area contributed by atoms with E-state index in [4.69, 9.17) is 22.0 Å². The number of carboxylic acid groups (broad SMARTS) is 1. The van der Waals surface area contributed by atoms with Crippen LogP contribution in [0.5, 0.6) is 0 Å². The number of nitrogens with zero attached hydrogens (tertiary/aromatic N) is 1. The lowest BCUT2D eigenvalue weighted by Crippen LogP contribution is -2.42. The molecular formula is C12H13ClN2O2. The highest BCUT2D eigenvalue weighted by molar-refractivity contribution is 6.30. The molecule has 2 N–H and O–H groups in total. The Bertz CT molecular complexity index is 482. The van der Waals surface area contributed by atoms with Crippen LogP contribution in [0.25, 0.3) is 0 Å². The van der Waals surface area contributed by atoms with Crippen LogP contribution >= 0.6 is 11.6 Å². The third-order valence-electron chi connectivity index (χ3n) is 2.69. The van der Waals surface area contributed by atoms with Crippen molar-refractivity contribution >= 4 is 23.3 Å². The third-order valence-corrected chi connectivity index (χ3v) is 2.93. The standard InChI is InChI=1S/C12H13ClN2O2/c1-3-12(2,11(16)17)15-10-5-4-9(13)6-8(10)7-14/h4-6,15H,3H2,1-2H3,(H,16,17). The highest BCUT2D eigenvalue weighted by Gasteiger charge is 2.31. The summed E-state index contributed by atoms with van der Waals surface area (Å²) in [6, 6.07) is 6.71. The molecule has 0 aliphatic carbocycles. The summed E-state index contributed by atoms with van der Waals surface area (Å²) >= 11 is 5.77. The molecule has 0 fully saturated rings. The van der Waals surface area contributed by atoms with Gasteiger partial charge in [0, 0.05) is 5.02 Å². The Balaban J connectivity index is 3.11. The van der Waals surface area contributed by atoms with Crippen molar-refractivity contribution in [2.75, 3.05) is 5.32 Å². The number of rotatable bonds is 4. The molecule has 1 atom stereocenters. The molecule has 0 aliphatic heterocycles. The highest BCUT2D eigenvalue weighted by Crippen LogP contribution is 2.24. The predicted octanol–water partition coefficient (Wildman–Crippen LogP) is 2.88. The van der Waals surface area contributed by atoms with E-state index in [2.05, 4.69) is 5.32 Å². The maximum atomic E-state index is 11.2. The number of carboxylic acids is 1. The largest absolute Gasteiger partial charge is 0.480 e. The summed E-state index contributed by atoms with van der Waals surface area (Å²) in [5, 5.41) is 21.4. The lowest BCUT2D eigenvalue weighted by molar-refractivity contribution is -0.141. The predicted molar refractivity (Wildman–Crippen MR) is 66.1 cm³/mol. The van der Waals surface area contributed by atoms with Crippen molar-refractivity contribution in [3.05, 3.63) is 28.8 Å². The fourth-order valence-electron chi connectivity index (χ4n) is 1.31. The van der Waals surface area contributed by atoms with Crippen molar-refractivity contribution in [1.29, 1.82) is 5.26 Å². The van der Waals surface area contributed by atoms with Gasteiger partial charge in [-0.1, -0.05) is 18.5 Å². The number of nitriles is 1. The van der Waals surface area contributed by atoms with Gasteiger partial charge in [-0.05, 0) is 31.5 Å². The number of benzene rings is 1. The van der Waals surface area contributed by atoms with Crippen LogP contribution in [-0.4, -0.2) is 16.6 Å². The van der Waals surface area contributed by atoms with Crippen LogP contribution in [0.4, 0.5) is 5.69 Å². The Kier molecular flexibility index (Phi) is 3.97. The van der Waals surface area contributed by atoms with E-state index in [-0.39, 0.29) is 0 Å². The average molecular weight is 253 g/mol. The molecule has 0 heterocycles. The quantitative estimate of drug-likeness (QED) is 0.864. The first kappa shape index (κ1) is 13.3. The van der Waals surface area contributed by atoms with Crippen LogP contribution in [0, 0.1) is 11.3 Å². The van der Waals surface area contributed by atoms with E-state index in [0.29, 0.717) is 22.7 Å². The van der Waals surface area contributed by atoms with Gasteiger partial charge in [-0.15, -0.1) is 0 Å². The summed E-state index contributed by atoms with van der Waals surface area (Å²) < 4.78 is 0. The van der Waals surface area contributed by atoms with Gasteiger partial charge in [0.2, 0.25) is 0 Å². The van der Waals surface area contributed by atoms with Crippen LogP contribution in [-0.2, 0) is 4.79 Å². The van der Waals surface area contributed by atoms with E-state index >= 15 is 0 Å². The zero-order valence-corrected chi connectivity index (χ0v) is 10.4. The smallest absolute Gasteiger partial charge is 0.329 e. The number of carbonyl (C=O) groups is 1. The third kappa shape index (κ3) is 2.89. The summed E-state index contributed by atoms with van der Waals surface area (Å²) in [6.07, 6.45) is 0.399. The SMILES string of the molecule is CCC(C)(Nc1ccc(Cl)cc1C#N)C(=O)O. The fourth-order valence-corrected chi connectivity index (χ4v) is 1.48. The van der Waals surface area contributed by atoms with Crippen LogP contribution in [0.1, 0.15) is 25.8 Å². The van der Waals surface area contributed by atoms with Crippen LogP contribution < -0.4 is 5.32 Å². The van der Waals surface area contributed by atoms with E-state index in [1.165, 1.54) is 6.07 Å². The van der Waals surface area contributed by atoms with Gasteiger partial charge in [-0.25, -0.2) is 4.79 Å². The molecule has 5 heteroatoms. The second kappa shape index (κ2) is 5.07. The first-order chi connectivity index (χ1) is 7.92. The summed E-state index contributed by atoms with van der Waals surface area (Å²) in [5.74, 6) is -0.959. The van der Waals surface area contributed by atoms with Crippen molar-refractivity contribution in [1.82, 2.24) is 0 Å². The molecule has 1 aromatic carbocycles. The fraction of sp³-hybridized carbons (Fsp3) is 0.333. The van der Waals surface area contributed by atoms with Gasteiger partial charge in [0.25, 0.3) is 0 Å². The van der Waals surface area contributed by atoms with Gasteiger partial charge in [-0.3, -0.25) is 0 Å². The molecule has 0 spiro atoms. The Labute approximate surface area is 105 Å². The van der Waals surface area contributed by atoms with Crippen molar-refractivity contribution in [3.8, 4) is 6.07 Å². The zero-order chi connectivity index (χ0) is 13.1. The average Bonchev–Trinajstić information content (AvgIpc) is 2.30. The van der Waals surface area contributed by atoms with E-state index in [9.17, 15) is 4.79 Å². The molecule has 90 valence electrons. The van der Waals surface area contributed by atoms with E-state index in [1.54, 1.807) is 26.0 Å². The van der Waals surface area contributed by atoms with Crippen LogP contribution in [0.3, 0.4) is 0 Å². The topological polar surface area (TPSA) is 73.1 Å². The molecule has 0 aliphatic rings. The summed E-state index contributed by atoms with van der Waals surface area (Å²) in [5.41, 5.74) is -0.290. The number of hydrogen-bond acceptors (Lipinski definition) is 3. The van der Waals surface area contributed by atoms with Gasteiger partial charge in [-0.2, -0.15) is 5.26 Å². The van der Waals surface area contributed by atoms with E-state index < -0.39 is 11.5 Å². The molecule has 0 bridgehead atoms.